The van der Waals surface area contributed by atoms with Crippen molar-refractivity contribution in [3.05, 3.63) is 39.8 Å². The molecular weight excluding hydrogens is 290 g/mol. The zero-order valence-electron chi connectivity index (χ0n) is 9.50. The minimum absolute atomic E-state index is 0.188. The first-order valence-corrected chi connectivity index (χ1v) is 6.39. The van der Waals surface area contributed by atoms with Gasteiger partial charge in [-0.05, 0) is 35.5 Å². The zero-order chi connectivity index (χ0) is 14.0. The van der Waals surface area contributed by atoms with Gasteiger partial charge in [0.1, 0.15) is 6.54 Å². The number of hydrogen-bond donors (Lipinski definition) is 1. The van der Waals surface area contributed by atoms with Crippen molar-refractivity contribution in [2.75, 3.05) is 6.54 Å². The van der Waals surface area contributed by atoms with Gasteiger partial charge in [0.15, 0.2) is 0 Å². The first kappa shape index (κ1) is 13.6. The van der Waals surface area contributed by atoms with Crippen LogP contribution in [0.2, 0.25) is 5.02 Å². The molecule has 0 aromatic heterocycles. The number of hydrogen-bond acceptors (Lipinski definition) is 4. The molecule has 1 heterocycles. The molecule has 7 heteroatoms. The van der Waals surface area contributed by atoms with Gasteiger partial charge in [-0.1, -0.05) is 23.7 Å². The number of rotatable bonds is 3. The minimum Gasteiger partial charge on any atom is -0.480 e. The Hall–Kier alpha value is -1.79. The molecular formula is C12H8ClNO4S. The van der Waals surface area contributed by atoms with Crippen molar-refractivity contribution in [3.8, 4) is 0 Å². The summed E-state index contributed by atoms with van der Waals surface area (Å²) < 4.78 is 0. The average Bonchev–Trinajstić information content (AvgIpc) is 2.57. The lowest BCUT2D eigenvalue weighted by atomic mass is 10.2. The molecule has 2 rings (SSSR count). The SMILES string of the molecule is O=C(O)CN1C(=O)SC(=Cc2cccc(Cl)c2)C1=O. The summed E-state index contributed by atoms with van der Waals surface area (Å²) >= 11 is 6.53. The molecule has 1 N–H and O–H groups in total. The highest BCUT2D eigenvalue weighted by Crippen LogP contribution is 2.32. The van der Waals surface area contributed by atoms with E-state index in [0.717, 1.165) is 0 Å². The molecule has 0 saturated carbocycles. The quantitative estimate of drug-likeness (QED) is 0.867. The normalized spacial score (nSPS) is 17.3. The van der Waals surface area contributed by atoms with Crippen LogP contribution >= 0.6 is 23.4 Å². The molecule has 1 aromatic rings. The summed E-state index contributed by atoms with van der Waals surface area (Å²) in [7, 11) is 0. The molecule has 0 aliphatic carbocycles. The van der Waals surface area contributed by atoms with E-state index in [2.05, 4.69) is 0 Å². The van der Waals surface area contributed by atoms with Crippen LogP contribution in [-0.2, 0) is 9.59 Å². The fraction of sp³-hybridized carbons (Fsp3) is 0.0833. The lowest BCUT2D eigenvalue weighted by molar-refractivity contribution is -0.140. The standard InChI is InChI=1S/C12H8ClNO4S/c13-8-3-1-2-7(4-8)5-9-11(17)14(6-10(15)16)12(18)19-9/h1-5H,6H2,(H,15,16). The van der Waals surface area contributed by atoms with Crippen LogP contribution in [0.4, 0.5) is 4.79 Å². The summed E-state index contributed by atoms with van der Waals surface area (Å²) in [5, 5.41) is 8.56. The third-order valence-electron chi connectivity index (χ3n) is 2.31. The summed E-state index contributed by atoms with van der Waals surface area (Å²) in [5.41, 5.74) is 0.674. The van der Waals surface area contributed by atoms with Gasteiger partial charge in [-0.15, -0.1) is 0 Å². The third-order valence-corrected chi connectivity index (χ3v) is 3.46. The molecule has 1 aliphatic rings. The number of halogens is 1. The largest absolute Gasteiger partial charge is 0.480 e. The molecule has 1 fully saturated rings. The molecule has 1 saturated heterocycles. The van der Waals surface area contributed by atoms with Gasteiger partial charge in [-0.3, -0.25) is 19.3 Å². The van der Waals surface area contributed by atoms with E-state index in [0.29, 0.717) is 27.2 Å². The molecule has 98 valence electrons. The highest BCUT2D eigenvalue weighted by atomic mass is 35.5. The van der Waals surface area contributed by atoms with E-state index in [1.807, 2.05) is 0 Å². The predicted octanol–water partition coefficient (Wildman–Crippen LogP) is 2.46. The van der Waals surface area contributed by atoms with Gasteiger partial charge >= 0.3 is 5.97 Å². The van der Waals surface area contributed by atoms with Gasteiger partial charge in [0.2, 0.25) is 0 Å². The van der Waals surface area contributed by atoms with Crippen LogP contribution in [0, 0.1) is 0 Å². The summed E-state index contributed by atoms with van der Waals surface area (Å²) in [5.74, 6) is -1.83. The van der Waals surface area contributed by atoms with E-state index in [4.69, 9.17) is 16.7 Å². The molecule has 19 heavy (non-hydrogen) atoms. The molecule has 2 amide bonds. The van der Waals surface area contributed by atoms with Gasteiger partial charge in [-0.25, -0.2) is 0 Å². The maximum Gasteiger partial charge on any atom is 0.323 e. The number of amides is 2. The Morgan fingerprint density at radius 3 is 2.79 bits per heavy atom. The van der Waals surface area contributed by atoms with Crippen molar-refractivity contribution in [1.82, 2.24) is 4.90 Å². The van der Waals surface area contributed by atoms with Gasteiger partial charge in [0.05, 0.1) is 4.91 Å². The Labute approximate surface area is 117 Å². The van der Waals surface area contributed by atoms with Crippen molar-refractivity contribution in [3.63, 3.8) is 0 Å². The van der Waals surface area contributed by atoms with Gasteiger partial charge in [0.25, 0.3) is 11.1 Å². The number of thioether (sulfide) groups is 1. The first-order valence-electron chi connectivity index (χ1n) is 5.20. The van der Waals surface area contributed by atoms with Crippen LogP contribution in [0.5, 0.6) is 0 Å². The zero-order valence-corrected chi connectivity index (χ0v) is 11.1. The fourth-order valence-electron chi connectivity index (χ4n) is 1.52. The lowest BCUT2D eigenvalue weighted by Crippen LogP contribution is -2.33. The summed E-state index contributed by atoms with van der Waals surface area (Å²) in [6.07, 6.45) is 1.51. The van der Waals surface area contributed by atoms with Crippen LogP contribution in [0.15, 0.2) is 29.2 Å². The molecule has 0 spiro atoms. The van der Waals surface area contributed by atoms with E-state index in [-0.39, 0.29) is 4.91 Å². The van der Waals surface area contributed by atoms with E-state index in [9.17, 15) is 14.4 Å². The molecule has 5 nitrogen and oxygen atoms in total. The highest BCUT2D eigenvalue weighted by molar-refractivity contribution is 8.18. The fourth-order valence-corrected chi connectivity index (χ4v) is 2.56. The summed E-state index contributed by atoms with van der Waals surface area (Å²) in [6.45, 7) is -0.627. The van der Waals surface area contributed by atoms with Gasteiger partial charge in [0, 0.05) is 5.02 Å². The van der Waals surface area contributed by atoms with Gasteiger partial charge < -0.3 is 5.11 Å². The predicted molar refractivity (Wildman–Crippen MR) is 71.8 cm³/mol. The molecule has 0 atom stereocenters. The van der Waals surface area contributed by atoms with Crippen molar-refractivity contribution in [2.24, 2.45) is 0 Å². The monoisotopic (exact) mass is 297 g/mol. The maximum atomic E-state index is 11.9. The second kappa shape index (κ2) is 5.46. The number of carboxylic acids is 1. The van der Waals surface area contributed by atoms with Crippen molar-refractivity contribution < 1.29 is 19.5 Å². The number of carbonyl (C=O) groups is 3. The molecule has 0 radical (unpaired) electrons. The van der Waals surface area contributed by atoms with Crippen molar-refractivity contribution in [2.45, 2.75) is 0 Å². The number of imide groups is 1. The van der Waals surface area contributed by atoms with Crippen LogP contribution in [-0.4, -0.2) is 33.7 Å². The second-order valence-electron chi connectivity index (χ2n) is 3.72. The third kappa shape index (κ3) is 3.15. The smallest absolute Gasteiger partial charge is 0.323 e. The molecule has 0 bridgehead atoms. The maximum absolute atomic E-state index is 11.9. The first-order chi connectivity index (χ1) is 8.97. The van der Waals surface area contributed by atoms with Crippen LogP contribution in [0.1, 0.15) is 5.56 Å². The van der Waals surface area contributed by atoms with Crippen LogP contribution in [0.25, 0.3) is 6.08 Å². The number of carboxylic acid groups (broad SMARTS) is 1. The number of carbonyl (C=O) groups excluding carboxylic acids is 2. The van der Waals surface area contributed by atoms with Crippen LogP contribution in [0.3, 0.4) is 0 Å². The topological polar surface area (TPSA) is 74.7 Å². The Morgan fingerprint density at radius 1 is 1.42 bits per heavy atom. The molecule has 0 unspecified atom stereocenters. The van der Waals surface area contributed by atoms with Crippen molar-refractivity contribution >= 4 is 46.6 Å². The van der Waals surface area contributed by atoms with E-state index in [1.54, 1.807) is 24.3 Å². The highest BCUT2D eigenvalue weighted by Gasteiger charge is 2.36. The van der Waals surface area contributed by atoms with Crippen LogP contribution < -0.4 is 0 Å². The van der Waals surface area contributed by atoms with E-state index in [1.165, 1.54) is 6.08 Å². The lowest BCUT2D eigenvalue weighted by Gasteiger charge is -2.07. The number of aliphatic carboxylic acids is 1. The van der Waals surface area contributed by atoms with E-state index < -0.39 is 23.7 Å². The Bertz CT molecular complexity index is 599. The molecule has 1 aromatic carbocycles. The Kier molecular flexibility index (Phi) is 3.92. The van der Waals surface area contributed by atoms with Gasteiger partial charge in [-0.2, -0.15) is 0 Å². The Balaban J connectivity index is 2.25. The van der Waals surface area contributed by atoms with Crippen molar-refractivity contribution in [1.29, 1.82) is 0 Å². The summed E-state index contributed by atoms with van der Waals surface area (Å²) in [6, 6.07) is 6.79. The minimum atomic E-state index is -1.23. The summed E-state index contributed by atoms with van der Waals surface area (Å²) in [4.78, 5) is 34.8. The number of nitrogens with zero attached hydrogens (tertiary/aromatic N) is 1. The number of benzene rings is 1. The second-order valence-corrected chi connectivity index (χ2v) is 5.15. The average molecular weight is 298 g/mol. The Morgan fingerprint density at radius 2 is 2.16 bits per heavy atom. The van der Waals surface area contributed by atoms with E-state index >= 15 is 0 Å². The molecule has 1 aliphatic heterocycles.